The van der Waals surface area contributed by atoms with Crippen LogP contribution in [0.15, 0.2) is 37.1 Å². The largest absolute Gasteiger partial charge is 0.493 e. The Labute approximate surface area is 212 Å². The zero-order chi connectivity index (χ0) is 25.9. The summed E-state index contributed by atoms with van der Waals surface area (Å²) in [7, 11) is 0. The molecular weight excluding hydrogens is 479 g/mol. The molecule has 190 valence electrons. The van der Waals surface area contributed by atoms with Gasteiger partial charge in [0.1, 0.15) is 29.8 Å². The number of halogens is 1. The highest BCUT2D eigenvalue weighted by atomic mass is 19.1. The van der Waals surface area contributed by atoms with Gasteiger partial charge in [0.05, 0.1) is 31.4 Å². The maximum absolute atomic E-state index is 15.3. The minimum atomic E-state index is -0.788. The van der Waals surface area contributed by atoms with Gasteiger partial charge in [0.15, 0.2) is 17.2 Å². The number of benzene rings is 1. The minimum absolute atomic E-state index is 0.0979. The third kappa shape index (κ3) is 3.90. The number of pyridine rings is 1. The Bertz CT molecular complexity index is 1550. The molecular formula is C26H25FN6O4. The second-order valence-electron chi connectivity index (χ2n) is 10.1. The van der Waals surface area contributed by atoms with Crippen molar-refractivity contribution in [3.8, 4) is 22.8 Å². The van der Waals surface area contributed by atoms with Gasteiger partial charge in [-0.25, -0.2) is 19.2 Å². The first kappa shape index (κ1) is 23.1. The van der Waals surface area contributed by atoms with Crippen molar-refractivity contribution in [2.75, 3.05) is 18.1 Å². The summed E-state index contributed by atoms with van der Waals surface area (Å²) in [6.45, 7) is 7.69. The fourth-order valence-corrected chi connectivity index (χ4v) is 4.82. The Balaban J connectivity index is 1.61. The summed E-state index contributed by atoms with van der Waals surface area (Å²) in [4.78, 5) is 23.6. The van der Waals surface area contributed by atoms with Gasteiger partial charge in [-0.1, -0.05) is 0 Å². The van der Waals surface area contributed by atoms with Crippen LogP contribution in [0, 0.1) is 12.7 Å². The quantitative estimate of drug-likeness (QED) is 0.375. The summed E-state index contributed by atoms with van der Waals surface area (Å²) in [5.41, 5.74) is 2.88. The monoisotopic (exact) mass is 504 g/mol. The van der Waals surface area contributed by atoms with Crippen molar-refractivity contribution in [3.05, 3.63) is 59.6 Å². The number of fused-ring (bicyclic) bond motifs is 3. The van der Waals surface area contributed by atoms with Gasteiger partial charge in [-0.05, 0) is 51.5 Å². The van der Waals surface area contributed by atoms with Gasteiger partial charge >= 0.3 is 6.09 Å². The standard InChI is InChI=1S/C26H25FN6O4/c1-14-8-28-12-29-22(14)16-7-20-24(33-13-30-31-23(16)33)32(25(34)37-26(2,3)4)9-17-18(27)5-6-19-21(17)15(10-35-19)11-36-20/h5-8,12-13,15H,9-11H2,1-4H3/t15-/m1/s1. The number of aryl methyl sites for hydroxylation is 1. The molecule has 0 N–H and O–H groups in total. The highest BCUT2D eigenvalue weighted by Crippen LogP contribution is 2.44. The number of anilines is 1. The lowest BCUT2D eigenvalue weighted by Gasteiger charge is -2.29. The van der Waals surface area contributed by atoms with Gasteiger partial charge in [0.25, 0.3) is 0 Å². The number of carbonyl (C=O) groups is 1. The molecule has 0 unspecified atom stereocenters. The lowest BCUT2D eigenvalue weighted by molar-refractivity contribution is 0.0574. The zero-order valence-corrected chi connectivity index (χ0v) is 20.9. The van der Waals surface area contributed by atoms with Crippen molar-refractivity contribution in [2.45, 2.75) is 45.8 Å². The molecule has 0 aliphatic carbocycles. The van der Waals surface area contributed by atoms with Crippen LogP contribution in [0.4, 0.5) is 15.0 Å². The van der Waals surface area contributed by atoms with E-state index in [1.165, 1.54) is 23.6 Å². The molecule has 11 heteroatoms. The summed E-state index contributed by atoms with van der Waals surface area (Å²) in [5.74, 6) is 0.662. The minimum Gasteiger partial charge on any atom is -0.493 e. The van der Waals surface area contributed by atoms with Crippen LogP contribution >= 0.6 is 0 Å². The van der Waals surface area contributed by atoms with E-state index in [-0.39, 0.29) is 19.1 Å². The highest BCUT2D eigenvalue weighted by molar-refractivity contribution is 5.92. The topological polar surface area (TPSA) is 104 Å². The molecule has 0 fully saturated rings. The molecule has 6 rings (SSSR count). The first-order chi connectivity index (χ1) is 17.7. The number of hydrogen-bond acceptors (Lipinski definition) is 8. The molecule has 0 radical (unpaired) electrons. The first-order valence-corrected chi connectivity index (χ1v) is 11.9. The molecule has 0 saturated heterocycles. The summed E-state index contributed by atoms with van der Waals surface area (Å²) in [5, 5.41) is 8.43. The van der Waals surface area contributed by atoms with E-state index in [1.807, 2.05) is 6.92 Å². The predicted molar refractivity (Wildman–Crippen MR) is 131 cm³/mol. The van der Waals surface area contributed by atoms with Crippen LogP contribution in [0.25, 0.3) is 16.9 Å². The van der Waals surface area contributed by atoms with Crippen LogP contribution in [0.1, 0.15) is 43.4 Å². The number of rotatable bonds is 1. The Kier molecular flexibility index (Phi) is 5.25. The van der Waals surface area contributed by atoms with Crippen LogP contribution in [-0.4, -0.2) is 49.5 Å². The van der Waals surface area contributed by atoms with E-state index in [2.05, 4.69) is 20.2 Å². The summed E-state index contributed by atoms with van der Waals surface area (Å²) < 4.78 is 34.9. The summed E-state index contributed by atoms with van der Waals surface area (Å²) in [6.07, 6.45) is 4.00. The van der Waals surface area contributed by atoms with Crippen molar-refractivity contribution in [1.29, 1.82) is 0 Å². The maximum atomic E-state index is 15.3. The predicted octanol–water partition coefficient (Wildman–Crippen LogP) is 4.44. The molecule has 0 spiro atoms. The molecule has 0 saturated carbocycles. The maximum Gasteiger partial charge on any atom is 0.416 e. The van der Waals surface area contributed by atoms with E-state index in [9.17, 15) is 4.79 Å². The molecule has 4 aromatic rings. The lowest BCUT2D eigenvalue weighted by Crippen LogP contribution is -2.38. The van der Waals surface area contributed by atoms with Crippen LogP contribution in [-0.2, 0) is 11.3 Å². The van der Waals surface area contributed by atoms with Gasteiger partial charge in [0, 0.05) is 22.9 Å². The van der Waals surface area contributed by atoms with Gasteiger partial charge in [-0.2, -0.15) is 0 Å². The first-order valence-electron chi connectivity index (χ1n) is 11.9. The van der Waals surface area contributed by atoms with Gasteiger partial charge in [0.2, 0.25) is 0 Å². The summed E-state index contributed by atoms with van der Waals surface area (Å²) >= 11 is 0. The summed E-state index contributed by atoms with van der Waals surface area (Å²) in [6, 6.07) is 4.76. The Morgan fingerprint density at radius 2 is 1.97 bits per heavy atom. The third-order valence-corrected chi connectivity index (χ3v) is 6.40. The SMILES string of the molecule is Cc1cncnc1-c1cc2c(n3cnnc13)N(C(=O)OC(C)(C)C)Cc1c(F)ccc3c1[C@H](CO3)CO2. The van der Waals surface area contributed by atoms with Crippen molar-refractivity contribution < 1.29 is 23.4 Å². The van der Waals surface area contributed by atoms with E-state index >= 15 is 4.39 Å². The zero-order valence-electron chi connectivity index (χ0n) is 20.9. The number of hydrogen-bond donors (Lipinski definition) is 0. The second kappa shape index (κ2) is 8.39. The van der Waals surface area contributed by atoms with E-state index < -0.39 is 17.5 Å². The molecule has 1 amide bonds. The lowest BCUT2D eigenvalue weighted by atomic mass is 9.95. The van der Waals surface area contributed by atoms with Crippen LogP contribution < -0.4 is 14.4 Å². The molecule has 3 aromatic heterocycles. The molecule has 0 bridgehead atoms. The van der Waals surface area contributed by atoms with Gasteiger partial charge in [-0.3, -0.25) is 9.30 Å². The Hall–Kier alpha value is -4.28. The fraction of sp³-hybridized carbons (Fsp3) is 0.346. The van der Waals surface area contributed by atoms with E-state index in [0.29, 0.717) is 52.0 Å². The van der Waals surface area contributed by atoms with Crippen LogP contribution in [0.3, 0.4) is 0 Å². The van der Waals surface area contributed by atoms with E-state index in [4.69, 9.17) is 14.2 Å². The van der Waals surface area contributed by atoms with E-state index in [1.54, 1.807) is 43.5 Å². The molecule has 10 nitrogen and oxygen atoms in total. The Morgan fingerprint density at radius 1 is 1.19 bits per heavy atom. The molecule has 5 heterocycles. The number of aromatic nitrogens is 5. The highest BCUT2D eigenvalue weighted by Gasteiger charge is 2.37. The average molecular weight is 505 g/mol. The van der Waals surface area contributed by atoms with E-state index in [0.717, 1.165) is 5.56 Å². The smallest absolute Gasteiger partial charge is 0.416 e. The molecule has 37 heavy (non-hydrogen) atoms. The number of nitrogens with zero attached hydrogens (tertiary/aromatic N) is 6. The third-order valence-electron chi connectivity index (χ3n) is 6.40. The van der Waals surface area contributed by atoms with Crippen molar-refractivity contribution in [1.82, 2.24) is 24.6 Å². The molecule has 1 atom stereocenters. The van der Waals surface area contributed by atoms with Crippen LogP contribution in [0.2, 0.25) is 0 Å². The molecule has 2 aliphatic heterocycles. The average Bonchev–Trinajstić information content (AvgIpc) is 3.49. The normalized spacial score (nSPS) is 16.7. The number of carbonyl (C=O) groups excluding carboxylic acids is 1. The molecule has 2 aliphatic rings. The number of ether oxygens (including phenoxy) is 3. The van der Waals surface area contributed by atoms with Crippen molar-refractivity contribution >= 4 is 17.6 Å². The van der Waals surface area contributed by atoms with Gasteiger partial charge in [-0.15, -0.1) is 10.2 Å². The second-order valence-corrected chi connectivity index (χ2v) is 10.1. The fourth-order valence-electron chi connectivity index (χ4n) is 4.82. The van der Waals surface area contributed by atoms with Crippen molar-refractivity contribution in [3.63, 3.8) is 0 Å². The van der Waals surface area contributed by atoms with Crippen molar-refractivity contribution in [2.24, 2.45) is 0 Å². The van der Waals surface area contributed by atoms with Crippen LogP contribution in [0.5, 0.6) is 11.5 Å². The molecule has 1 aromatic carbocycles. The number of amides is 1. The Morgan fingerprint density at radius 3 is 2.73 bits per heavy atom. The van der Waals surface area contributed by atoms with Gasteiger partial charge < -0.3 is 14.2 Å².